The molecule has 2 aliphatic rings. The van der Waals surface area contributed by atoms with Crippen LogP contribution in [-0.4, -0.2) is 9.97 Å². The number of anilines is 2. The number of nitrogens with zero attached hydrogens (tertiary/aromatic N) is 2. The van der Waals surface area contributed by atoms with Gasteiger partial charge in [-0.3, -0.25) is 0 Å². The maximum absolute atomic E-state index is 6.06. The Hall–Kier alpha value is -2.36. The summed E-state index contributed by atoms with van der Waals surface area (Å²) in [7, 11) is 0. The summed E-state index contributed by atoms with van der Waals surface area (Å²) >= 11 is 0. The van der Waals surface area contributed by atoms with Crippen molar-refractivity contribution in [3.05, 3.63) is 59.9 Å². The van der Waals surface area contributed by atoms with Crippen molar-refractivity contribution in [3.63, 3.8) is 0 Å². The molecule has 0 aromatic carbocycles. The fourth-order valence-corrected chi connectivity index (χ4v) is 4.39. The predicted molar refractivity (Wildman–Crippen MR) is 92.4 cm³/mol. The molecule has 0 saturated heterocycles. The minimum absolute atomic E-state index is 0.608. The van der Waals surface area contributed by atoms with Crippen molar-refractivity contribution in [3.8, 4) is 0 Å². The van der Waals surface area contributed by atoms with Gasteiger partial charge in [-0.05, 0) is 66.2 Å². The van der Waals surface area contributed by atoms with Crippen LogP contribution in [0.4, 0.5) is 11.6 Å². The average molecular weight is 306 g/mol. The smallest absolute Gasteiger partial charge is 0.126 e. The Labute approximate surface area is 136 Å². The number of fused-ring (bicyclic) bond motifs is 2. The van der Waals surface area contributed by atoms with Gasteiger partial charge in [0.05, 0.1) is 0 Å². The zero-order valence-corrected chi connectivity index (χ0v) is 13.1. The molecule has 0 radical (unpaired) electrons. The van der Waals surface area contributed by atoms with Crippen molar-refractivity contribution in [1.82, 2.24) is 9.97 Å². The van der Waals surface area contributed by atoms with Gasteiger partial charge in [0.1, 0.15) is 11.6 Å². The van der Waals surface area contributed by atoms with E-state index in [-0.39, 0.29) is 0 Å². The van der Waals surface area contributed by atoms with Crippen LogP contribution in [0.15, 0.2) is 48.8 Å². The van der Waals surface area contributed by atoms with E-state index in [1.54, 1.807) is 12.4 Å². The second-order valence-electron chi connectivity index (χ2n) is 6.78. The Morgan fingerprint density at radius 3 is 1.74 bits per heavy atom. The zero-order valence-electron chi connectivity index (χ0n) is 13.1. The first-order chi connectivity index (χ1) is 11.2. The van der Waals surface area contributed by atoms with E-state index in [1.165, 1.54) is 17.5 Å². The Morgan fingerprint density at radius 1 is 0.826 bits per heavy atom. The van der Waals surface area contributed by atoms with Crippen molar-refractivity contribution >= 4 is 11.6 Å². The lowest BCUT2D eigenvalue weighted by molar-refractivity contribution is 0.306. The minimum Gasteiger partial charge on any atom is -0.383 e. The number of hydrogen-bond donors (Lipinski definition) is 2. The van der Waals surface area contributed by atoms with Crippen LogP contribution in [0.3, 0.4) is 0 Å². The number of rotatable bonds is 4. The molecule has 2 unspecified atom stereocenters. The van der Waals surface area contributed by atoms with Crippen LogP contribution in [0.25, 0.3) is 0 Å². The number of allylic oxidation sites excluding steroid dienone is 2. The molecule has 2 heterocycles. The minimum atomic E-state index is 0.608. The van der Waals surface area contributed by atoms with Crippen LogP contribution in [0.2, 0.25) is 0 Å². The largest absolute Gasteiger partial charge is 0.383 e. The van der Waals surface area contributed by atoms with Crippen molar-refractivity contribution in [2.24, 2.45) is 23.7 Å². The highest BCUT2D eigenvalue weighted by atomic mass is 14.8. The molecule has 0 amide bonds. The molecule has 0 aliphatic heterocycles. The van der Waals surface area contributed by atoms with Gasteiger partial charge in [0, 0.05) is 12.4 Å². The molecule has 4 nitrogen and oxygen atoms in total. The summed E-state index contributed by atoms with van der Waals surface area (Å²) in [5.74, 6) is 3.86. The van der Waals surface area contributed by atoms with E-state index in [9.17, 15) is 0 Å². The standard InChI is InChI=1S/C19H22N4/c20-18-14(3-1-7-22-18)10-16-12-5-6-13(9-12)17(16)11-15-4-2-8-23-19(15)21/h1-8,12-13,16-17H,9-11H2,(H2,20,22)(H2,21,23)/t12?,13?,16-,17-/m1/s1. The summed E-state index contributed by atoms with van der Waals surface area (Å²) in [6.07, 6.45) is 11.6. The molecule has 118 valence electrons. The molecule has 2 bridgehead atoms. The Morgan fingerprint density at radius 2 is 1.30 bits per heavy atom. The normalized spacial score (nSPS) is 28.3. The lowest BCUT2D eigenvalue weighted by Gasteiger charge is -2.29. The Balaban J connectivity index is 1.59. The quantitative estimate of drug-likeness (QED) is 0.851. The van der Waals surface area contributed by atoms with Crippen LogP contribution in [-0.2, 0) is 12.8 Å². The van der Waals surface area contributed by atoms with Gasteiger partial charge in [-0.15, -0.1) is 0 Å². The van der Waals surface area contributed by atoms with Crippen LogP contribution in [0.5, 0.6) is 0 Å². The van der Waals surface area contributed by atoms with Gasteiger partial charge in [-0.1, -0.05) is 24.3 Å². The third-order valence-electron chi connectivity index (χ3n) is 5.56. The van der Waals surface area contributed by atoms with Gasteiger partial charge >= 0.3 is 0 Å². The number of aromatic nitrogens is 2. The molecule has 2 aliphatic carbocycles. The molecular weight excluding hydrogens is 284 g/mol. The highest BCUT2D eigenvalue weighted by Gasteiger charge is 2.44. The van der Waals surface area contributed by atoms with Gasteiger partial charge < -0.3 is 11.5 Å². The fourth-order valence-electron chi connectivity index (χ4n) is 4.39. The first-order valence-electron chi connectivity index (χ1n) is 8.29. The SMILES string of the molecule is Nc1ncccc1C[C@@H]1C2C=CC(C2)[C@H]1Cc1cccnc1N. The second-order valence-corrected chi connectivity index (χ2v) is 6.78. The fraction of sp³-hybridized carbons (Fsp3) is 0.368. The highest BCUT2D eigenvalue weighted by Crippen LogP contribution is 2.50. The van der Waals surface area contributed by atoms with E-state index in [1.807, 2.05) is 12.1 Å². The molecule has 4 N–H and O–H groups in total. The van der Waals surface area contributed by atoms with Crippen molar-refractivity contribution in [2.75, 3.05) is 11.5 Å². The number of pyridine rings is 2. The Bertz CT molecular complexity index is 678. The van der Waals surface area contributed by atoms with Crippen LogP contribution < -0.4 is 11.5 Å². The lowest BCUT2D eigenvalue weighted by atomic mass is 9.76. The van der Waals surface area contributed by atoms with Crippen molar-refractivity contribution in [1.29, 1.82) is 0 Å². The van der Waals surface area contributed by atoms with Crippen molar-refractivity contribution < 1.29 is 0 Å². The summed E-state index contributed by atoms with van der Waals surface area (Å²) in [6, 6.07) is 8.16. The molecule has 2 aromatic rings. The van der Waals surface area contributed by atoms with Crippen LogP contribution in [0, 0.1) is 23.7 Å². The molecule has 23 heavy (non-hydrogen) atoms. The maximum Gasteiger partial charge on any atom is 0.126 e. The number of hydrogen-bond acceptors (Lipinski definition) is 4. The molecule has 2 aromatic heterocycles. The number of nitrogen functional groups attached to an aromatic ring is 2. The van der Waals surface area contributed by atoms with Gasteiger partial charge in [0.25, 0.3) is 0 Å². The summed E-state index contributed by atoms with van der Waals surface area (Å²) in [6.45, 7) is 0. The summed E-state index contributed by atoms with van der Waals surface area (Å²) in [4.78, 5) is 8.47. The van der Waals surface area contributed by atoms with Gasteiger partial charge in [0.15, 0.2) is 0 Å². The van der Waals surface area contributed by atoms with E-state index in [0.29, 0.717) is 35.3 Å². The second kappa shape index (κ2) is 5.69. The third kappa shape index (κ3) is 2.58. The summed E-state index contributed by atoms with van der Waals surface area (Å²) < 4.78 is 0. The predicted octanol–water partition coefficient (Wildman–Crippen LogP) is 2.86. The first kappa shape index (κ1) is 14.2. The van der Waals surface area contributed by atoms with E-state index >= 15 is 0 Å². The summed E-state index contributed by atoms with van der Waals surface area (Å²) in [5, 5.41) is 0. The van der Waals surface area contributed by atoms with Crippen LogP contribution in [0.1, 0.15) is 17.5 Å². The van der Waals surface area contributed by atoms with Gasteiger partial charge in [0.2, 0.25) is 0 Å². The zero-order chi connectivity index (χ0) is 15.8. The topological polar surface area (TPSA) is 77.8 Å². The molecule has 1 fully saturated rings. The molecule has 0 spiro atoms. The maximum atomic E-state index is 6.06. The first-order valence-corrected chi connectivity index (χ1v) is 8.29. The van der Waals surface area contributed by atoms with E-state index in [4.69, 9.17) is 11.5 Å². The summed E-state index contributed by atoms with van der Waals surface area (Å²) in [5.41, 5.74) is 14.5. The van der Waals surface area contributed by atoms with Gasteiger partial charge in [-0.2, -0.15) is 0 Å². The van der Waals surface area contributed by atoms with Crippen molar-refractivity contribution in [2.45, 2.75) is 19.3 Å². The molecule has 4 atom stereocenters. The average Bonchev–Trinajstić information content (AvgIpc) is 3.14. The molecular formula is C19H22N4. The van der Waals surface area contributed by atoms with Gasteiger partial charge in [-0.25, -0.2) is 9.97 Å². The molecule has 4 heteroatoms. The Kier molecular flexibility index (Phi) is 3.52. The lowest BCUT2D eigenvalue weighted by Crippen LogP contribution is -2.24. The highest BCUT2D eigenvalue weighted by molar-refractivity contribution is 5.41. The van der Waals surface area contributed by atoms with E-state index in [2.05, 4.69) is 34.3 Å². The monoisotopic (exact) mass is 306 g/mol. The van der Waals surface area contributed by atoms with Crippen LogP contribution >= 0.6 is 0 Å². The van der Waals surface area contributed by atoms with E-state index < -0.39 is 0 Å². The van der Waals surface area contributed by atoms with E-state index in [0.717, 1.165) is 12.8 Å². The molecule has 4 rings (SSSR count). The molecule has 1 saturated carbocycles. The third-order valence-corrected chi connectivity index (χ3v) is 5.56. The number of nitrogens with two attached hydrogens (primary N) is 2.